The summed E-state index contributed by atoms with van der Waals surface area (Å²) >= 11 is 0. The zero-order chi connectivity index (χ0) is 14.0. The van der Waals surface area contributed by atoms with Crippen LogP contribution in [-0.4, -0.2) is 22.1 Å². The quantitative estimate of drug-likeness (QED) is 0.514. The van der Waals surface area contributed by atoms with Crippen LogP contribution in [0.1, 0.15) is 65.2 Å². The predicted octanol–water partition coefficient (Wildman–Crippen LogP) is 3.55. The molecule has 2 atom stereocenters. The van der Waals surface area contributed by atoms with E-state index in [9.17, 15) is 9.59 Å². The van der Waals surface area contributed by atoms with Crippen molar-refractivity contribution in [3.05, 3.63) is 0 Å². The molecule has 2 fully saturated rings. The van der Waals surface area contributed by atoms with Crippen molar-refractivity contribution in [3.8, 4) is 0 Å². The first-order valence-corrected chi connectivity index (χ1v) is 6.86. The van der Waals surface area contributed by atoms with Crippen molar-refractivity contribution in [1.82, 2.24) is 0 Å². The van der Waals surface area contributed by atoms with Crippen molar-refractivity contribution in [3.63, 3.8) is 0 Å². The van der Waals surface area contributed by atoms with Crippen molar-refractivity contribution < 1.29 is 20.1 Å². The van der Waals surface area contributed by atoms with Crippen LogP contribution >= 0.6 is 0 Å². The Bertz CT molecular complexity index is 224. The number of rotatable bonds is 0. The van der Waals surface area contributed by atoms with Gasteiger partial charge in [0.2, 0.25) is 0 Å². The molecule has 2 aliphatic carbocycles. The highest BCUT2D eigenvalue weighted by atomic mass is 17.0. The lowest BCUT2D eigenvalue weighted by Gasteiger charge is -2.14. The van der Waals surface area contributed by atoms with Gasteiger partial charge in [-0.05, 0) is 25.7 Å². The molecular weight excluding hydrogens is 232 g/mol. The highest BCUT2D eigenvalue weighted by Gasteiger charge is 2.16. The van der Waals surface area contributed by atoms with Crippen molar-refractivity contribution in [2.45, 2.75) is 65.2 Å². The zero-order valence-electron chi connectivity index (χ0n) is 11.5. The molecule has 0 aromatic rings. The average molecular weight is 258 g/mol. The van der Waals surface area contributed by atoms with Crippen LogP contribution in [0.2, 0.25) is 0 Å². The first kappa shape index (κ1) is 17.3. The third-order valence-electron chi connectivity index (χ3n) is 3.72. The minimum atomic E-state index is 0.365. The standard InChI is InChI=1S/2C7H12O.H2O2/c2*1-6-4-2-3-5-7(6)8;1-2/h2*6H,2-5H2,1H3;1-2H. The Morgan fingerprint density at radius 3 is 1.28 bits per heavy atom. The monoisotopic (exact) mass is 258 g/mol. The first-order chi connectivity index (χ1) is 8.61. The van der Waals surface area contributed by atoms with E-state index in [1.807, 2.05) is 13.8 Å². The molecule has 0 radical (unpaired) electrons. The SMILES string of the molecule is CC1CCCCC1=O.CC1CCCCC1=O.OO. The number of carbonyl (C=O) groups excluding carboxylic acids is 2. The van der Waals surface area contributed by atoms with Gasteiger partial charge < -0.3 is 0 Å². The molecule has 0 aromatic carbocycles. The van der Waals surface area contributed by atoms with Crippen LogP contribution in [0.3, 0.4) is 0 Å². The zero-order valence-corrected chi connectivity index (χ0v) is 11.5. The van der Waals surface area contributed by atoms with Gasteiger partial charge in [0, 0.05) is 24.7 Å². The summed E-state index contributed by atoms with van der Waals surface area (Å²) < 4.78 is 0. The molecule has 2 N–H and O–H groups in total. The molecule has 0 aliphatic heterocycles. The Morgan fingerprint density at radius 2 is 1.11 bits per heavy atom. The van der Waals surface area contributed by atoms with E-state index in [1.165, 1.54) is 12.8 Å². The number of hydrogen-bond acceptors (Lipinski definition) is 4. The summed E-state index contributed by atoms with van der Waals surface area (Å²) in [6.45, 7) is 4.06. The Morgan fingerprint density at radius 1 is 0.778 bits per heavy atom. The lowest BCUT2D eigenvalue weighted by molar-refractivity contribution is -0.176. The summed E-state index contributed by atoms with van der Waals surface area (Å²) in [6, 6.07) is 0. The largest absolute Gasteiger partial charge is 0.299 e. The molecule has 0 spiro atoms. The van der Waals surface area contributed by atoms with E-state index in [2.05, 4.69) is 0 Å². The van der Waals surface area contributed by atoms with Gasteiger partial charge in [-0.3, -0.25) is 20.1 Å². The molecule has 2 unspecified atom stereocenters. The Labute approximate surface area is 109 Å². The lowest BCUT2D eigenvalue weighted by Crippen LogP contribution is -2.14. The van der Waals surface area contributed by atoms with Gasteiger partial charge >= 0.3 is 0 Å². The fraction of sp³-hybridized carbons (Fsp3) is 0.857. The Balaban J connectivity index is 0.000000283. The van der Waals surface area contributed by atoms with E-state index in [0.717, 1.165) is 38.5 Å². The van der Waals surface area contributed by atoms with Gasteiger partial charge in [0.1, 0.15) is 11.6 Å². The summed E-state index contributed by atoms with van der Waals surface area (Å²) in [6.07, 6.45) is 8.69. The van der Waals surface area contributed by atoms with Crippen molar-refractivity contribution in [2.24, 2.45) is 11.8 Å². The first-order valence-electron chi connectivity index (χ1n) is 6.86. The number of hydrogen-bond donors (Lipinski definition) is 2. The van der Waals surface area contributed by atoms with E-state index < -0.39 is 0 Å². The summed E-state index contributed by atoms with van der Waals surface area (Å²) in [4.78, 5) is 21.6. The highest BCUT2D eigenvalue weighted by Crippen LogP contribution is 2.19. The molecule has 18 heavy (non-hydrogen) atoms. The molecule has 0 saturated heterocycles. The van der Waals surface area contributed by atoms with E-state index in [4.69, 9.17) is 10.5 Å². The van der Waals surface area contributed by atoms with E-state index in [1.54, 1.807) is 0 Å². The van der Waals surface area contributed by atoms with Crippen molar-refractivity contribution in [1.29, 1.82) is 0 Å². The van der Waals surface area contributed by atoms with Gasteiger partial charge in [0.25, 0.3) is 0 Å². The van der Waals surface area contributed by atoms with Gasteiger partial charge in [0.05, 0.1) is 0 Å². The Hall–Kier alpha value is -0.740. The van der Waals surface area contributed by atoms with Crippen LogP contribution in [0.4, 0.5) is 0 Å². The third kappa shape index (κ3) is 6.87. The smallest absolute Gasteiger partial charge is 0.135 e. The van der Waals surface area contributed by atoms with Gasteiger partial charge in [-0.15, -0.1) is 0 Å². The molecule has 2 saturated carbocycles. The maximum atomic E-state index is 10.8. The average Bonchev–Trinajstić information content (AvgIpc) is 2.40. The van der Waals surface area contributed by atoms with Crippen LogP contribution in [-0.2, 0) is 9.59 Å². The van der Waals surface area contributed by atoms with Crippen LogP contribution in [0, 0.1) is 11.8 Å². The van der Waals surface area contributed by atoms with Crippen LogP contribution in [0.25, 0.3) is 0 Å². The Kier molecular flexibility index (Phi) is 9.79. The molecule has 2 rings (SSSR count). The lowest BCUT2D eigenvalue weighted by atomic mass is 9.90. The molecule has 0 amide bonds. The van der Waals surface area contributed by atoms with Gasteiger partial charge in [0.15, 0.2) is 0 Å². The summed E-state index contributed by atoms with van der Waals surface area (Å²) in [7, 11) is 0. The molecule has 4 nitrogen and oxygen atoms in total. The minimum Gasteiger partial charge on any atom is -0.299 e. The highest BCUT2D eigenvalue weighted by molar-refractivity contribution is 5.81. The van der Waals surface area contributed by atoms with Crippen LogP contribution in [0.5, 0.6) is 0 Å². The van der Waals surface area contributed by atoms with Crippen LogP contribution < -0.4 is 0 Å². The number of ketones is 2. The van der Waals surface area contributed by atoms with Gasteiger partial charge in [-0.2, -0.15) is 0 Å². The minimum absolute atomic E-state index is 0.365. The van der Waals surface area contributed by atoms with E-state index >= 15 is 0 Å². The molecule has 0 aromatic heterocycles. The summed E-state index contributed by atoms with van der Waals surface area (Å²) in [5.41, 5.74) is 0. The molecular formula is C14H26O4. The molecule has 0 bridgehead atoms. The van der Waals surface area contributed by atoms with Gasteiger partial charge in [-0.25, -0.2) is 0 Å². The van der Waals surface area contributed by atoms with Crippen molar-refractivity contribution in [2.75, 3.05) is 0 Å². The van der Waals surface area contributed by atoms with E-state index in [-0.39, 0.29) is 0 Å². The normalized spacial score (nSPS) is 27.6. The molecule has 4 heteroatoms. The van der Waals surface area contributed by atoms with Gasteiger partial charge in [-0.1, -0.05) is 26.7 Å². The summed E-state index contributed by atoms with van der Waals surface area (Å²) in [5, 5.41) is 12.0. The topological polar surface area (TPSA) is 74.6 Å². The van der Waals surface area contributed by atoms with Crippen molar-refractivity contribution >= 4 is 11.6 Å². The maximum absolute atomic E-state index is 10.8. The van der Waals surface area contributed by atoms with Crippen LogP contribution in [0.15, 0.2) is 0 Å². The second-order valence-corrected chi connectivity index (χ2v) is 5.23. The predicted molar refractivity (Wildman–Crippen MR) is 70.5 cm³/mol. The van der Waals surface area contributed by atoms with E-state index in [0.29, 0.717) is 23.4 Å². The third-order valence-corrected chi connectivity index (χ3v) is 3.72. The second kappa shape index (κ2) is 10.2. The fourth-order valence-electron chi connectivity index (χ4n) is 2.31. The summed E-state index contributed by atoms with van der Waals surface area (Å²) in [5.74, 6) is 1.67. The fourth-order valence-corrected chi connectivity index (χ4v) is 2.31. The number of Topliss-reactive ketones (excluding diaryl/α,β-unsaturated/α-hetero) is 2. The molecule has 106 valence electrons. The number of carbonyl (C=O) groups is 2. The second-order valence-electron chi connectivity index (χ2n) is 5.23. The molecule has 2 aliphatic rings. The maximum Gasteiger partial charge on any atom is 0.135 e. The molecule has 0 heterocycles.